The van der Waals surface area contributed by atoms with Crippen LogP contribution in [0.1, 0.15) is 67.2 Å². The Labute approximate surface area is 215 Å². The lowest BCUT2D eigenvalue weighted by atomic mass is 9.91. The molecule has 0 bridgehead atoms. The van der Waals surface area contributed by atoms with E-state index in [0.717, 1.165) is 36.1 Å². The number of hydrogen-bond donors (Lipinski definition) is 0. The van der Waals surface area contributed by atoms with Crippen LogP contribution in [0.4, 0.5) is 9.18 Å². The predicted molar refractivity (Wildman–Crippen MR) is 135 cm³/mol. The largest absolute Gasteiger partial charge is 0.442 e. The zero-order valence-corrected chi connectivity index (χ0v) is 21.2. The standard InChI is InChI=1S/C29H29FN4O3/c1-29(2,3)37-28(36)33-17-21-15-24(11-13-26(21)32-33)34(23-9-10-23)27(35)19-6-4-18(5-7-19)25-12-8-22(30)14-20(25)16-31/h4-8,12,14,17,23-24H,9-11,13,15H2,1-3H3. The molecule has 8 heteroatoms. The van der Waals surface area contributed by atoms with Crippen molar-refractivity contribution in [1.82, 2.24) is 14.7 Å². The van der Waals surface area contributed by atoms with Gasteiger partial charge in [0.25, 0.3) is 5.91 Å². The quantitative estimate of drug-likeness (QED) is 0.472. The number of carbonyl (C=O) groups excluding carboxylic acids is 2. The minimum Gasteiger partial charge on any atom is -0.442 e. The average Bonchev–Trinajstić information content (AvgIpc) is 3.59. The smallest absolute Gasteiger partial charge is 0.435 e. The van der Waals surface area contributed by atoms with Crippen LogP contribution in [0.3, 0.4) is 0 Å². The second-order valence-corrected chi connectivity index (χ2v) is 10.7. The highest BCUT2D eigenvalue weighted by molar-refractivity contribution is 5.95. The van der Waals surface area contributed by atoms with E-state index in [1.807, 2.05) is 31.7 Å². The van der Waals surface area contributed by atoms with Crippen molar-refractivity contribution in [1.29, 1.82) is 5.26 Å². The summed E-state index contributed by atoms with van der Waals surface area (Å²) in [5.74, 6) is -0.485. The van der Waals surface area contributed by atoms with Gasteiger partial charge in [0.1, 0.15) is 11.4 Å². The molecule has 7 nitrogen and oxygen atoms in total. The highest BCUT2D eigenvalue weighted by Gasteiger charge is 2.39. The Balaban J connectivity index is 1.34. The summed E-state index contributed by atoms with van der Waals surface area (Å²) in [4.78, 5) is 28.1. The number of nitrogens with zero attached hydrogens (tertiary/aromatic N) is 4. The SMILES string of the molecule is CC(C)(C)OC(=O)n1cc2c(n1)CCC(N(C(=O)c1ccc(-c3ccc(F)cc3C#N)cc1)C1CC1)C2. The average molecular weight is 501 g/mol. The lowest BCUT2D eigenvalue weighted by Gasteiger charge is -2.34. The first-order valence-electron chi connectivity index (χ1n) is 12.6. The van der Waals surface area contributed by atoms with Crippen molar-refractivity contribution < 1.29 is 18.7 Å². The number of aryl methyl sites for hydroxylation is 1. The van der Waals surface area contributed by atoms with E-state index < -0.39 is 17.5 Å². The molecule has 0 saturated heterocycles. The van der Waals surface area contributed by atoms with Crippen molar-refractivity contribution in [2.45, 2.75) is 70.6 Å². The molecule has 190 valence electrons. The monoisotopic (exact) mass is 500 g/mol. The van der Waals surface area contributed by atoms with E-state index in [9.17, 15) is 19.2 Å². The van der Waals surface area contributed by atoms with Crippen molar-refractivity contribution in [2.24, 2.45) is 0 Å². The fourth-order valence-electron chi connectivity index (χ4n) is 4.91. The van der Waals surface area contributed by atoms with E-state index in [1.54, 1.807) is 36.5 Å². The van der Waals surface area contributed by atoms with Crippen LogP contribution in [0.25, 0.3) is 11.1 Å². The lowest BCUT2D eigenvalue weighted by Crippen LogP contribution is -2.44. The Hall–Kier alpha value is -3.99. The summed E-state index contributed by atoms with van der Waals surface area (Å²) >= 11 is 0. The number of fused-ring (bicyclic) bond motifs is 1. The van der Waals surface area contributed by atoms with Crippen molar-refractivity contribution in [3.05, 3.63) is 76.9 Å². The van der Waals surface area contributed by atoms with Gasteiger partial charge in [-0.15, -0.1) is 0 Å². The molecular weight excluding hydrogens is 471 g/mol. The summed E-state index contributed by atoms with van der Waals surface area (Å²) in [6.45, 7) is 5.45. The highest BCUT2D eigenvalue weighted by Crippen LogP contribution is 2.35. The third-order valence-electron chi connectivity index (χ3n) is 6.74. The van der Waals surface area contributed by atoms with Gasteiger partial charge in [-0.25, -0.2) is 9.18 Å². The third-order valence-corrected chi connectivity index (χ3v) is 6.74. The third kappa shape index (κ3) is 5.26. The van der Waals surface area contributed by atoms with E-state index in [-0.39, 0.29) is 23.6 Å². The minimum atomic E-state index is -0.607. The van der Waals surface area contributed by atoms with Crippen LogP contribution in [0.5, 0.6) is 0 Å². The maximum atomic E-state index is 13.7. The molecule has 0 N–H and O–H groups in total. The van der Waals surface area contributed by atoms with Crippen molar-refractivity contribution in [3.63, 3.8) is 0 Å². The maximum Gasteiger partial charge on any atom is 0.435 e. The fraction of sp³-hybridized carbons (Fsp3) is 0.379. The van der Waals surface area contributed by atoms with Gasteiger partial charge in [0.2, 0.25) is 0 Å². The maximum absolute atomic E-state index is 13.7. The molecule has 1 heterocycles. The van der Waals surface area contributed by atoms with Crippen LogP contribution < -0.4 is 0 Å². The Bertz CT molecular complexity index is 1390. The number of nitriles is 1. The van der Waals surface area contributed by atoms with E-state index in [2.05, 4.69) is 5.10 Å². The first kappa shape index (κ1) is 24.7. The second kappa shape index (κ2) is 9.47. The number of hydrogen-bond acceptors (Lipinski definition) is 5. The van der Waals surface area contributed by atoms with Gasteiger partial charge >= 0.3 is 6.09 Å². The predicted octanol–water partition coefficient (Wildman–Crippen LogP) is 5.51. The van der Waals surface area contributed by atoms with E-state index >= 15 is 0 Å². The Morgan fingerprint density at radius 2 is 1.84 bits per heavy atom. The number of amides is 1. The molecule has 0 aliphatic heterocycles. The number of ether oxygens (including phenoxy) is 1. The Morgan fingerprint density at radius 3 is 2.49 bits per heavy atom. The first-order valence-corrected chi connectivity index (χ1v) is 12.6. The van der Waals surface area contributed by atoms with Crippen LogP contribution in [0, 0.1) is 17.1 Å². The van der Waals surface area contributed by atoms with Gasteiger partial charge in [-0.1, -0.05) is 18.2 Å². The molecule has 37 heavy (non-hydrogen) atoms. The van der Waals surface area contributed by atoms with Crippen LogP contribution >= 0.6 is 0 Å². The zero-order valence-electron chi connectivity index (χ0n) is 21.2. The number of carbonyl (C=O) groups is 2. The van der Waals surface area contributed by atoms with Gasteiger partial charge < -0.3 is 9.64 Å². The summed E-state index contributed by atoms with van der Waals surface area (Å²) in [6.07, 6.45) is 5.28. The van der Waals surface area contributed by atoms with Gasteiger partial charge in [0.05, 0.1) is 17.3 Å². The minimum absolute atomic E-state index is 0.0192. The normalized spacial score (nSPS) is 17.0. The number of rotatable bonds is 4. The summed E-state index contributed by atoms with van der Waals surface area (Å²) in [5.41, 5.74) is 3.45. The number of halogens is 1. The van der Waals surface area contributed by atoms with E-state index in [4.69, 9.17) is 4.74 Å². The zero-order chi connectivity index (χ0) is 26.3. The van der Waals surface area contributed by atoms with Crippen LogP contribution in [0.2, 0.25) is 0 Å². The molecule has 1 saturated carbocycles. The van der Waals surface area contributed by atoms with E-state index in [1.165, 1.54) is 16.8 Å². The summed E-state index contributed by atoms with van der Waals surface area (Å²) in [7, 11) is 0. The molecule has 3 aromatic rings. The Morgan fingerprint density at radius 1 is 1.11 bits per heavy atom. The molecule has 0 radical (unpaired) electrons. The van der Waals surface area contributed by atoms with Crippen molar-refractivity contribution in [3.8, 4) is 17.2 Å². The molecule has 0 spiro atoms. The van der Waals surface area contributed by atoms with Crippen LogP contribution in [0.15, 0.2) is 48.7 Å². The Kier molecular flexibility index (Phi) is 6.32. The van der Waals surface area contributed by atoms with Gasteiger partial charge in [0, 0.05) is 23.8 Å². The van der Waals surface area contributed by atoms with Crippen molar-refractivity contribution in [2.75, 3.05) is 0 Å². The topological polar surface area (TPSA) is 88.2 Å². The molecular formula is C29H29FN4O3. The molecule has 5 rings (SSSR count). The number of benzene rings is 2. The van der Waals surface area contributed by atoms with E-state index in [0.29, 0.717) is 24.0 Å². The molecule has 1 aromatic heterocycles. The van der Waals surface area contributed by atoms with Gasteiger partial charge in [0.15, 0.2) is 0 Å². The van der Waals surface area contributed by atoms with Gasteiger partial charge in [-0.2, -0.15) is 15.0 Å². The van der Waals surface area contributed by atoms with Crippen LogP contribution in [-0.2, 0) is 17.6 Å². The second-order valence-electron chi connectivity index (χ2n) is 10.7. The lowest BCUT2D eigenvalue weighted by molar-refractivity contribution is 0.0513. The summed E-state index contributed by atoms with van der Waals surface area (Å²) in [6, 6.07) is 13.5. The highest BCUT2D eigenvalue weighted by atomic mass is 19.1. The van der Waals surface area contributed by atoms with Crippen LogP contribution in [-0.4, -0.2) is 44.4 Å². The first-order chi connectivity index (χ1) is 17.6. The molecule has 2 aromatic carbocycles. The molecule has 1 amide bonds. The molecule has 2 aliphatic rings. The molecule has 1 unspecified atom stereocenters. The molecule has 1 atom stereocenters. The molecule has 1 fully saturated rings. The number of aromatic nitrogens is 2. The summed E-state index contributed by atoms with van der Waals surface area (Å²) in [5, 5.41) is 13.8. The van der Waals surface area contributed by atoms with Crippen molar-refractivity contribution >= 4 is 12.0 Å². The molecule has 2 aliphatic carbocycles. The summed E-state index contributed by atoms with van der Waals surface area (Å²) < 4.78 is 20.2. The fourth-order valence-corrected chi connectivity index (χ4v) is 4.91. The van der Waals surface area contributed by atoms with Gasteiger partial charge in [-0.3, -0.25) is 4.79 Å². The van der Waals surface area contributed by atoms with Gasteiger partial charge in [-0.05, 0) is 93.8 Å².